The molecule has 42 heavy (non-hydrogen) atoms. The van der Waals surface area contributed by atoms with Crippen molar-refractivity contribution < 1.29 is 26.4 Å². The Morgan fingerprint density at radius 2 is 1.38 bits per heavy atom. The van der Waals surface area contributed by atoms with E-state index in [9.17, 15) is 21.6 Å². The van der Waals surface area contributed by atoms with Crippen LogP contribution in [0, 0.1) is 0 Å². The highest BCUT2D eigenvalue weighted by Gasteiger charge is 2.27. The maximum atomic E-state index is 13.7. The molecule has 0 saturated carbocycles. The monoisotopic (exact) mass is 689 g/mol. The third-order valence-corrected chi connectivity index (χ3v) is 10.4. The van der Waals surface area contributed by atoms with Crippen LogP contribution in [0.2, 0.25) is 0 Å². The van der Waals surface area contributed by atoms with Gasteiger partial charge in [0.15, 0.2) is 0 Å². The highest BCUT2D eigenvalue weighted by Crippen LogP contribution is 2.28. The third kappa shape index (κ3) is 7.85. The predicted octanol–water partition coefficient (Wildman–Crippen LogP) is 6.20. The Morgan fingerprint density at radius 1 is 0.810 bits per heavy atom. The average molecular weight is 691 g/mol. The van der Waals surface area contributed by atoms with Crippen molar-refractivity contribution in [2.24, 2.45) is 0 Å². The molecule has 0 radical (unpaired) electrons. The van der Waals surface area contributed by atoms with E-state index in [2.05, 4.69) is 26.0 Å². The predicted molar refractivity (Wildman–Crippen MR) is 170 cm³/mol. The van der Waals surface area contributed by atoms with Crippen LogP contribution < -0.4 is 19.1 Å². The third-order valence-electron chi connectivity index (χ3n) is 5.92. The van der Waals surface area contributed by atoms with Crippen molar-refractivity contribution in [2.75, 3.05) is 33.8 Å². The first-order chi connectivity index (χ1) is 20.0. The van der Waals surface area contributed by atoms with Crippen molar-refractivity contribution in [3.05, 3.63) is 102 Å². The van der Waals surface area contributed by atoms with Gasteiger partial charge in [-0.25, -0.2) is 16.8 Å². The van der Waals surface area contributed by atoms with E-state index in [1.807, 2.05) is 13.2 Å². The Hall–Kier alpha value is -3.52. The maximum Gasteiger partial charge on any atom is 0.264 e. The molecule has 4 aromatic carbocycles. The molecule has 0 aliphatic heterocycles. The van der Waals surface area contributed by atoms with Crippen molar-refractivity contribution in [3.8, 4) is 5.75 Å². The topological polar surface area (TPSA) is 122 Å². The number of benzene rings is 4. The van der Waals surface area contributed by atoms with Crippen LogP contribution in [-0.2, 0) is 24.8 Å². The lowest BCUT2D eigenvalue weighted by atomic mass is 10.3. The Labute approximate surface area is 258 Å². The van der Waals surface area contributed by atoms with Gasteiger partial charge in [0.1, 0.15) is 12.3 Å². The Bertz CT molecular complexity index is 1730. The second-order valence-corrected chi connectivity index (χ2v) is 14.1. The number of anilines is 3. The van der Waals surface area contributed by atoms with Crippen LogP contribution in [0.5, 0.6) is 5.75 Å². The summed E-state index contributed by atoms with van der Waals surface area (Å²) in [5, 5.41) is 2.66. The molecule has 4 rings (SSSR count). The Morgan fingerprint density at radius 3 is 1.95 bits per heavy atom. The van der Waals surface area contributed by atoms with Gasteiger partial charge in [0.25, 0.3) is 20.0 Å². The molecule has 0 atom stereocenters. The standard InChI is InChI=1S/C29H28BrN3O6S3/c1-3-39-25-12-10-24(11-13-25)33(42(37,38)28-18-14-26(40-2)15-19-28)20-29(34)31-22-8-16-27(17-9-22)41(35,36)32-23-6-4-21(30)5-7-23/h4-19,32H,3,20H2,1-2H3,(H,31,34). The van der Waals surface area contributed by atoms with Gasteiger partial charge >= 0.3 is 0 Å². The summed E-state index contributed by atoms with van der Waals surface area (Å²) in [5.74, 6) is -0.0474. The van der Waals surface area contributed by atoms with Crippen molar-refractivity contribution in [1.29, 1.82) is 0 Å². The molecular formula is C29H28BrN3O6S3. The molecular weight excluding hydrogens is 662 g/mol. The zero-order valence-corrected chi connectivity index (χ0v) is 26.7. The minimum Gasteiger partial charge on any atom is -0.494 e. The van der Waals surface area contributed by atoms with E-state index < -0.39 is 32.5 Å². The summed E-state index contributed by atoms with van der Waals surface area (Å²) in [4.78, 5) is 14.0. The Balaban J connectivity index is 1.53. The van der Waals surface area contributed by atoms with Gasteiger partial charge < -0.3 is 10.1 Å². The fourth-order valence-electron chi connectivity index (χ4n) is 3.85. The molecule has 0 saturated heterocycles. The molecule has 1 amide bonds. The first kappa shape index (κ1) is 31.4. The van der Waals surface area contributed by atoms with E-state index in [1.165, 1.54) is 48.2 Å². The van der Waals surface area contributed by atoms with Crippen LogP contribution in [0.25, 0.3) is 0 Å². The summed E-state index contributed by atoms with van der Waals surface area (Å²) >= 11 is 4.79. The first-order valence-corrected chi connectivity index (χ1v) is 17.5. The van der Waals surface area contributed by atoms with Gasteiger partial charge in [0, 0.05) is 20.7 Å². The van der Waals surface area contributed by atoms with Gasteiger partial charge in [-0.15, -0.1) is 11.8 Å². The van der Waals surface area contributed by atoms with Crippen molar-refractivity contribution in [1.82, 2.24) is 0 Å². The van der Waals surface area contributed by atoms with E-state index >= 15 is 0 Å². The molecule has 0 aromatic heterocycles. The van der Waals surface area contributed by atoms with E-state index in [-0.39, 0.29) is 15.5 Å². The molecule has 13 heteroatoms. The number of nitrogens with one attached hydrogen (secondary N) is 2. The molecule has 220 valence electrons. The SMILES string of the molecule is CCOc1ccc(N(CC(=O)Nc2ccc(S(=O)(=O)Nc3ccc(Br)cc3)cc2)S(=O)(=O)c2ccc(SC)cc2)cc1. The number of hydrogen-bond donors (Lipinski definition) is 2. The number of ether oxygens (including phenoxy) is 1. The lowest BCUT2D eigenvalue weighted by Crippen LogP contribution is -2.38. The largest absolute Gasteiger partial charge is 0.494 e. The fraction of sp³-hybridized carbons (Fsp3) is 0.138. The highest BCUT2D eigenvalue weighted by molar-refractivity contribution is 9.10. The number of nitrogens with zero attached hydrogens (tertiary/aromatic N) is 1. The number of thioether (sulfide) groups is 1. The van der Waals surface area contributed by atoms with E-state index in [4.69, 9.17) is 4.74 Å². The lowest BCUT2D eigenvalue weighted by molar-refractivity contribution is -0.114. The maximum absolute atomic E-state index is 13.7. The summed E-state index contributed by atoms with van der Waals surface area (Å²) in [6, 6.07) is 25.1. The lowest BCUT2D eigenvalue weighted by Gasteiger charge is -2.24. The van der Waals surface area contributed by atoms with Gasteiger partial charge in [0.05, 0.1) is 22.1 Å². The van der Waals surface area contributed by atoms with Crippen LogP contribution in [0.1, 0.15) is 6.92 Å². The van der Waals surface area contributed by atoms with E-state index in [0.29, 0.717) is 23.7 Å². The number of hydrogen-bond acceptors (Lipinski definition) is 7. The molecule has 0 unspecified atom stereocenters. The molecule has 4 aromatic rings. The van der Waals surface area contributed by atoms with Gasteiger partial charge in [0.2, 0.25) is 5.91 Å². The van der Waals surface area contributed by atoms with Gasteiger partial charge in [-0.2, -0.15) is 0 Å². The van der Waals surface area contributed by atoms with Gasteiger partial charge in [-0.1, -0.05) is 15.9 Å². The summed E-state index contributed by atoms with van der Waals surface area (Å²) in [6.45, 7) is 1.77. The fourth-order valence-corrected chi connectivity index (χ4v) is 7.00. The minimum absolute atomic E-state index is 0.00398. The quantitative estimate of drug-likeness (QED) is 0.170. The van der Waals surface area contributed by atoms with Crippen LogP contribution >= 0.6 is 27.7 Å². The number of amides is 1. The van der Waals surface area contributed by atoms with Crippen LogP contribution in [0.3, 0.4) is 0 Å². The number of halogens is 1. The van der Waals surface area contributed by atoms with E-state index in [0.717, 1.165) is 13.7 Å². The first-order valence-electron chi connectivity index (χ1n) is 12.6. The van der Waals surface area contributed by atoms with E-state index in [1.54, 1.807) is 60.7 Å². The molecule has 0 bridgehead atoms. The molecule has 0 spiro atoms. The van der Waals surface area contributed by atoms with Crippen LogP contribution in [0.4, 0.5) is 17.1 Å². The van der Waals surface area contributed by atoms with Gasteiger partial charge in [-0.3, -0.25) is 13.8 Å². The second-order valence-electron chi connectivity index (χ2n) is 8.80. The summed E-state index contributed by atoms with van der Waals surface area (Å²) < 4.78 is 62.7. The summed E-state index contributed by atoms with van der Waals surface area (Å²) in [7, 11) is -7.98. The molecule has 0 aliphatic carbocycles. The number of sulfonamides is 2. The van der Waals surface area contributed by atoms with Gasteiger partial charge in [-0.05, 0) is 110 Å². The zero-order valence-electron chi connectivity index (χ0n) is 22.7. The molecule has 9 nitrogen and oxygen atoms in total. The Kier molecular flexibility index (Phi) is 10.2. The molecule has 0 aliphatic rings. The minimum atomic E-state index is -4.12. The second kappa shape index (κ2) is 13.6. The summed E-state index contributed by atoms with van der Waals surface area (Å²) in [5.41, 5.74) is 0.980. The number of carbonyl (C=O) groups is 1. The molecule has 0 heterocycles. The molecule has 2 N–H and O–H groups in total. The smallest absolute Gasteiger partial charge is 0.264 e. The van der Waals surface area contributed by atoms with Crippen molar-refractivity contribution in [3.63, 3.8) is 0 Å². The van der Waals surface area contributed by atoms with Crippen molar-refractivity contribution in [2.45, 2.75) is 21.6 Å². The van der Waals surface area contributed by atoms with Crippen molar-refractivity contribution >= 4 is 70.7 Å². The summed E-state index contributed by atoms with van der Waals surface area (Å²) in [6.07, 6.45) is 1.89. The molecule has 0 fully saturated rings. The number of rotatable bonds is 12. The normalized spacial score (nSPS) is 11.5. The highest BCUT2D eigenvalue weighted by atomic mass is 79.9. The van der Waals surface area contributed by atoms with Crippen LogP contribution in [-0.4, -0.2) is 42.2 Å². The number of carbonyl (C=O) groups excluding carboxylic acids is 1. The zero-order chi connectivity index (χ0) is 30.3. The van der Waals surface area contributed by atoms with Crippen LogP contribution in [0.15, 0.2) is 116 Å². The average Bonchev–Trinajstić information content (AvgIpc) is 2.98.